The fourth-order valence-electron chi connectivity index (χ4n) is 2.08. The lowest BCUT2D eigenvalue weighted by atomic mass is 10.1. The summed E-state index contributed by atoms with van der Waals surface area (Å²) < 4.78 is 4.96. The molecule has 2 rings (SSSR count). The SMILES string of the molecule is N#Cc1ccc(C=CCCCCCC(=O)c2ncco2)cc1. The standard InChI is InChI=1S/C18H18N2O2/c19-14-16-10-8-15(9-11-16)6-4-2-1-3-5-7-17(21)18-20-12-13-22-18/h4,6,8-13H,1-3,5,7H2. The van der Waals surface area contributed by atoms with Gasteiger partial charge in [0.05, 0.1) is 17.8 Å². The predicted octanol–water partition coefficient (Wildman–Crippen LogP) is 4.39. The van der Waals surface area contributed by atoms with Crippen LogP contribution in [0.4, 0.5) is 0 Å². The van der Waals surface area contributed by atoms with Gasteiger partial charge in [-0.2, -0.15) is 5.26 Å². The largest absolute Gasteiger partial charge is 0.442 e. The average Bonchev–Trinajstić information content (AvgIpc) is 3.09. The highest BCUT2D eigenvalue weighted by Crippen LogP contribution is 2.10. The number of ketones is 1. The molecule has 0 aliphatic rings. The molecule has 4 nitrogen and oxygen atoms in total. The Kier molecular flexibility index (Phi) is 6.13. The van der Waals surface area contributed by atoms with Crippen LogP contribution in [0.15, 0.2) is 47.2 Å². The number of Topliss-reactive ketones (excluding diaryl/α,β-unsaturated/α-hetero) is 1. The number of hydrogen-bond acceptors (Lipinski definition) is 4. The topological polar surface area (TPSA) is 66.9 Å². The van der Waals surface area contributed by atoms with Crippen molar-refractivity contribution in [2.45, 2.75) is 32.1 Å². The predicted molar refractivity (Wildman–Crippen MR) is 84.1 cm³/mol. The minimum absolute atomic E-state index is 0.0295. The third-order valence-corrected chi connectivity index (χ3v) is 3.30. The van der Waals surface area contributed by atoms with Gasteiger partial charge in [-0.25, -0.2) is 4.98 Å². The van der Waals surface area contributed by atoms with Crippen molar-refractivity contribution >= 4 is 11.9 Å². The number of allylic oxidation sites excluding steroid dienone is 1. The van der Waals surface area contributed by atoms with Crippen LogP contribution in [0.5, 0.6) is 0 Å². The van der Waals surface area contributed by atoms with E-state index in [0.717, 1.165) is 31.2 Å². The number of hydrogen-bond donors (Lipinski definition) is 0. The third kappa shape index (κ3) is 5.02. The Labute approximate surface area is 130 Å². The molecule has 0 amide bonds. The molecule has 0 aliphatic carbocycles. The van der Waals surface area contributed by atoms with Crippen LogP contribution in [0.1, 0.15) is 53.9 Å². The summed E-state index contributed by atoms with van der Waals surface area (Å²) in [6.07, 6.45) is 11.5. The maximum atomic E-state index is 11.6. The van der Waals surface area contributed by atoms with Gasteiger partial charge in [0.25, 0.3) is 5.89 Å². The molecule has 0 N–H and O–H groups in total. The first kappa shape index (κ1) is 15.7. The average molecular weight is 294 g/mol. The number of aromatic nitrogens is 1. The fraction of sp³-hybridized carbons (Fsp3) is 0.278. The second-order valence-electron chi connectivity index (χ2n) is 5.00. The Morgan fingerprint density at radius 3 is 2.73 bits per heavy atom. The quantitative estimate of drug-likeness (QED) is 0.535. The van der Waals surface area contributed by atoms with Crippen LogP contribution in [0.2, 0.25) is 0 Å². The second kappa shape index (κ2) is 8.58. The highest BCUT2D eigenvalue weighted by molar-refractivity contribution is 5.91. The molecule has 1 heterocycles. The lowest BCUT2D eigenvalue weighted by molar-refractivity contribution is 0.0945. The number of nitriles is 1. The molecule has 0 unspecified atom stereocenters. The molecule has 0 bridgehead atoms. The monoisotopic (exact) mass is 294 g/mol. The maximum absolute atomic E-state index is 11.6. The van der Waals surface area contributed by atoms with E-state index in [1.165, 1.54) is 12.5 Å². The van der Waals surface area contributed by atoms with E-state index >= 15 is 0 Å². The third-order valence-electron chi connectivity index (χ3n) is 3.30. The van der Waals surface area contributed by atoms with Crippen molar-refractivity contribution < 1.29 is 9.21 Å². The molecule has 1 aromatic carbocycles. The van der Waals surface area contributed by atoms with Crippen molar-refractivity contribution in [2.24, 2.45) is 0 Å². The van der Waals surface area contributed by atoms with E-state index < -0.39 is 0 Å². The van der Waals surface area contributed by atoms with Crippen LogP contribution >= 0.6 is 0 Å². The zero-order valence-electron chi connectivity index (χ0n) is 12.4. The van der Waals surface area contributed by atoms with Crippen molar-refractivity contribution in [1.29, 1.82) is 5.26 Å². The van der Waals surface area contributed by atoms with E-state index in [-0.39, 0.29) is 11.7 Å². The summed E-state index contributed by atoms with van der Waals surface area (Å²) in [5.74, 6) is 0.179. The summed E-state index contributed by atoms with van der Waals surface area (Å²) in [4.78, 5) is 15.5. The number of benzene rings is 1. The highest BCUT2D eigenvalue weighted by Gasteiger charge is 2.09. The number of carbonyl (C=O) groups excluding carboxylic acids is 1. The van der Waals surface area contributed by atoms with Gasteiger partial charge >= 0.3 is 0 Å². The van der Waals surface area contributed by atoms with Gasteiger partial charge in [-0.15, -0.1) is 0 Å². The van der Waals surface area contributed by atoms with Crippen LogP contribution in [-0.4, -0.2) is 10.8 Å². The summed E-state index contributed by atoms with van der Waals surface area (Å²) in [5, 5.41) is 8.72. The molecule has 22 heavy (non-hydrogen) atoms. The summed E-state index contributed by atoms with van der Waals surface area (Å²) >= 11 is 0. The molecule has 0 saturated carbocycles. The lowest BCUT2D eigenvalue weighted by Crippen LogP contribution is -1.98. The van der Waals surface area contributed by atoms with Gasteiger partial charge in [0.15, 0.2) is 0 Å². The number of unbranched alkanes of at least 4 members (excludes halogenated alkanes) is 3. The molecule has 0 fully saturated rings. The van der Waals surface area contributed by atoms with E-state index in [2.05, 4.69) is 23.2 Å². The van der Waals surface area contributed by atoms with Crippen molar-refractivity contribution in [2.75, 3.05) is 0 Å². The fourth-order valence-corrected chi connectivity index (χ4v) is 2.08. The summed E-state index contributed by atoms with van der Waals surface area (Å²) in [6.45, 7) is 0. The zero-order valence-corrected chi connectivity index (χ0v) is 12.4. The molecule has 0 radical (unpaired) electrons. The van der Waals surface area contributed by atoms with Crippen molar-refractivity contribution in [3.05, 3.63) is 59.8 Å². The Balaban J connectivity index is 1.60. The smallest absolute Gasteiger partial charge is 0.263 e. The van der Waals surface area contributed by atoms with Gasteiger partial charge in [-0.05, 0) is 37.0 Å². The van der Waals surface area contributed by atoms with E-state index in [0.29, 0.717) is 12.0 Å². The van der Waals surface area contributed by atoms with Gasteiger partial charge in [0.2, 0.25) is 5.78 Å². The van der Waals surface area contributed by atoms with E-state index in [4.69, 9.17) is 9.68 Å². The first-order valence-electron chi connectivity index (χ1n) is 7.39. The number of carbonyl (C=O) groups is 1. The molecule has 0 atom stereocenters. The van der Waals surface area contributed by atoms with Gasteiger partial charge < -0.3 is 4.42 Å². The molecule has 0 spiro atoms. The van der Waals surface area contributed by atoms with Crippen LogP contribution in [-0.2, 0) is 0 Å². The van der Waals surface area contributed by atoms with Gasteiger partial charge in [0, 0.05) is 6.42 Å². The molecule has 4 heteroatoms. The molecule has 1 aromatic heterocycles. The van der Waals surface area contributed by atoms with E-state index in [1.807, 2.05) is 24.3 Å². The highest BCUT2D eigenvalue weighted by atomic mass is 16.3. The molecule has 2 aromatic rings. The minimum Gasteiger partial charge on any atom is -0.442 e. The Hall–Kier alpha value is -2.67. The zero-order chi connectivity index (χ0) is 15.6. The molecule has 0 saturated heterocycles. The van der Waals surface area contributed by atoms with Crippen molar-refractivity contribution in [3.8, 4) is 6.07 Å². The van der Waals surface area contributed by atoms with Crippen LogP contribution in [0.25, 0.3) is 6.08 Å². The molecule has 112 valence electrons. The Morgan fingerprint density at radius 2 is 2.05 bits per heavy atom. The summed E-state index contributed by atoms with van der Waals surface area (Å²) in [7, 11) is 0. The van der Waals surface area contributed by atoms with Crippen molar-refractivity contribution in [3.63, 3.8) is 0 Å². The molecule has 0 aliphatic heterocycles. The number of nitrogens with zero attached hydrogens (tertiary/aromatic N) is 2. The maximum Gasteiger partial charge on any atom is 0.263 e. The normalized spacial score (nSPS) is 10.7. The number of rotatable bonds is 8. The number of oxazole rings is 1. The summed E-state index contributed by atoms with van der Waals surface area (Å²) in [6, 6.07) is 9.60. The van der Waals surface area contributed by atoms with Crippen LogP contribution < -0.4 is 0 Å². The van der Waals surface area contributed by atoms with Gasteiger partial charge in [-0.3, -0.25) is 4.79 Å². The lowest BCUT2D eigenvalue weighted by Gasteiger charge is -1.97. The van der Waals surface area contributed by atoms with Crippen LogP contribution in [0, 0.1) is 11.3 Å². The van der Waals surface area contributed by atoms with Gasteiger partial charge in [-0.1, -0.05) is 30.7 Å². The first-order chi connectivity index (χ1) is 10.8. The second-order valence-corrected chi connectivity index (χ2v) is 5.00. The Bertz CT molecular complexity index is 649. The first-order valence-corrected chi connectivity index (χ1v) is 7.39. The summed E-state index contributed by atoms with van der Waals surface area (Å²) in [5.41, 5.74) is 1.77. The van der Waals surface area contributed by atoms with Crippen molar-refractivity contribution in [1.82, 2.24) is 4.98 Å². The Morgan fingerprint density at radius 1 is 1.23 bits per heavy atom. The molecular weight excluding hydrogens is 276 g/mol. The van der Waals surface area contributed by atoms with E-state index in [9.17, 15) is 4.79 Å². The van der Waals surface area contributed by atoms with Crippen LogP contribution in [0.3, 0.4) is 0 Å². The minimum atomic E-state index is -0.0295. The van der Waals surface area contributed by atoms with E-state index in [1.54, 1.807) is 0 Å². The van der Waals surface area contributed by atoms with Gasteiger partial charge in [0.1, 0.15) is 6.26 Å². The molecular formula is C18H18N2O2.